The molecule has 1 aromatic rings. The van der Waals surface area contributed by atoms with E-state index in [-0.39, 0.29) is 0 Å². The number of aliphatic imine (C=N–C) groups is 1. The zero-order chi connectivity index (χ0) is 8.39. The molecule has 5 heteroatoms. The fraction of sp³-hybridized carbons (Fsp3) is 0.143. The van der Waals surface area contributed by atoms with Crippen molar-refractivity contribution in [1.29, 1.82) is 0 Å². The summed E-state index contributed by atoms with van der Waals surface area (Å²) < 4.78 is 0. The summed E-state index contributed by atoms with van der Waals surface area (Å²) >= 11 is 0. The molecule has 62 valence electrons. The number of nitrogens with two attached hydrogens (primary N) is 1. The number of pyridine rings is 1. The van der Waals surface area contributed by atoms with Crippen LogP contribution in [0.3, 0.4) is 0 Å². The number of hydrogen-bond donors (Lipinski definition) is 2. The summed E-state index contributed by atoms with van der Waals surface area (Å²) in [5, 5.41) is 0. The molecule has 12 heavy (non-hydrogen) atoms. The van der Waals surface area contributed by atoms with E-state index in [1.165, 1.54) is 0 Å². The van der Waals surface area contributed by atoms with Gasteiger partial charge in [-0.1, -0.05) is 6.07 Å². The summed E-state index contributed by atoms with van der Waals surface area (Å²) in [6.07, 6.45) is 0. The minimum Gasteiger partial charge on any atom is -0.384 e. The molecule has 0 saturated carbocycles. The van der Waals surface area contributed by atoms with Gasteiger partial charge in [-0.05, 0) is 12.1 Å². The normalized spacial score (nSPS) is 15.5. The Morgan fingerprint density at radius 1 is 1.50 bits per heavy atom. The first-order valence-corrected chi connectivity index (χ1v) is 3.51. The average Bonchev–Trinajstić information content (AvgIpc) is 2.56. The van der Waals surface area contributed by atoms with Crippen molar-refractivity contribution in [3.8, 4) is 0 Å². The smallest absolute Gasteiger partial charge is 0.173 e. The summed E-state index contributed by atoms with van der Waals surface area (Å²) in [6, 6.07) is 5.36. The van der Waals surface area contributed by atoms with Crippen molar-refractivity contribution in [2.24, 2.45) is 4.99 Å². The molecule has 0 saturated heterocycles. The van der Waals surface area contributed by atoms with Gasteiger partial charge in [0.1, 0.15) is 11.5 Å². The predicted molar refractivity (Wildman–Crippen MR) is 44.3 cm³/mol. The van der Waals surface area contributed by atoms with E-state index in [1.54, 1.807) is 6.07 Å². The molecule has 0 fully saturated rings. The molecule has 0 aromatic carbocycles. The van der Waals surface area contributed by atoms with Crippen LogP contribution in [-0.4, -0.2) is 17.6 Å². The van der Waals surface area contributed by atoms with Gasteiger partial charge >= 0.3 is 0 Å². The summed E-state index contributed by atoms with van der Waals surface area (Å²) in [4.78, 5) is 12.9. The van der Waals surface area contributed by atoms with Gasteiger partial charge in [0, 0.05) is 0 Å². The van der Waals surface area contributed by atoms with E-state index in [1.807, 2.05) is 12.1 Å². The number of nitrogens with one attached hydrogen (secondary N) is 1. The van der Waals surface area contributed by atoms with Gasteiger partial charge in [-0.25, -0.2) is 15.5 Å². The van der Waals surface area contributed by atoms with Crippen molar-refractivity contribution in [2.75, 3.05) is 12.5 Å². The number of anilines is 1. The van der Waals surface area contributed by atoms with Gasteiger partial charge in [0.05, 0.1) is 0 Å². The molecule has 2 heterocycles. The number of hydrogen-bond acceptors (Lipinski definition) is 5. The molecule has 0 bridgehead atoms. The van der Waals surface area contributed by atoms with Crippen LogP contribution < -0.4 is 11.2 Å². The van der Waals surface area contributed by atoms with Crippen molar-refractivity contribution in [3.63, 3.8) is 0 Å². The topological polar surface area (TPSA) is 72.5 Å². The molecule has 2 rings (SSSR count). The zero-order valence-electron chi connectivity index (χ0n) is 6.32. The molecule has 5 nitrogen and oxygen atoms in total. The Balaban J connectivity index is 2.33. The first-order valence-electron chi connectivity index (χ1n) is 3.51. The maximum atomic E-state index is 5.49. The summed E-state index contributed by atoms with van der Waals surface area (Å²) in [7, 11) is 0. The number of amidine groups is 1. The SMILES string of the molecule is Nc1cccc(C2=NCON2)n1. The second-order valence-corrected chi connectivity index (χ2v) is 2.33. The van der Waals surface area contributed by atoms with Gasteiger partial charge in [-0.15, -0.1) is 0 Å². The standard InChI is InChI=1S/C7H8N4O/c8-6-3-1-2-5(10-6)7-9-4-12-11-7/h1-3H,4H2,(H2,8,10)(H,9,11). The lowest BCUT2D eigenvalue weighted by atomic mass is 10.3. The molecule has 1 aliphatic rings. The quantitative estimate of drug-likeness (QED) is 0.608. The van der Waals surface area contributed by atoms with E-state index in [2.05, 4.69) is 15.5 Å². The Bertz CT molecular complexity index is 323. The van der Waals surface area contributed by atoms with Crippen molar-refractivity contribution in [1.82, 2.24) is 10.5 Å². The Hall–Kier alpha value is -1.62. The third kappa shape index (κ3) is 1.22. The molecule has 1 aliphatic heterocycles. The van der Waals surface area contributed by atoms with Crippen LogP contribution in [0.15, 0.2) is 23.2 Å². The molecule has 0 spiro atoms. The highest BCUT2D eigenvalue weighted by molar-refractivity contribution is 5.97. The van der Waals surface area contributed by atoms with E-state index < -0.39 is 0 Å². The molecule has 0 aliphatic carbocycles. The highest BCUT2D eigenvalue weighted by Crippen LogP contribution is 2.03. The van der Waals surface area contributed by atoms with E-state index in [4.69, 9.17) is 10.6 Å². The Labute approximate surface area is 69.2 Å². The van der Waals surface area contributed by atoms with E-state index in [0.29, 0.717) is 24.1 Å². The number of hydroxylamine groups is 1. The second kappa shape index (κ2) is 2.78. The summed E-state index contributed by atoms with van der Waals surface area (Å²) in [5.74, 6) is 1.10. The largest absolute Gasteiger partial charge is 0.384 e. The van der Waals surface area contributed by atoms with Crippen LogP contribution in [0.5, 0.6) is 0 Å². The summed E-state index contributed by atoms with van der Waals surface area (Å²) in [5.41, 5.74) is 8.82. The van der Waals surface area contributed by atoms with Crippen molar-refractivity contribution in [3.05, 3.63) is 23.9 Å². The number of nitrogen functional groups attached to an aromatic ring is 1. The third-order valence-electron chi connectivity index (χ3n) is 1.47. The fourth-order valence-corrected chi connectivity index (χ4v) is 0.946. The van der Waals surface area contributed by atoms with Crippen LogP contribution in [0.4, 0.5) is 5.82 Å². The van der Waals surface area contributed by atoms with Crippen molar-refractivity contribution < 1.29 is 4.84 Å². The second-order valence-electron chi connectivity index (χ2n) is 2.33. The molecular formula is C7H8N4O. The lowest BCUT2D eigenvalue weighted by Crippen LogP contribution is -2.19. The Morgan fingerprint density at radius 2 is 2.42 bits per heavy atom. The Kier molecular flexibility index (Phi) is 1.64. The first-order chi connectivity index (χ1) is 5.86. The minimum absolute atomic E-state index is 0.325. The highest BCUT2D eigenvalue weighted by Gasteiger charge is 2.09. The van der Waals surface area contributed by atoms with Crippen LogP contribution in [0.2, 0.25) is 0 Å². The lowest BCUT2D eigenvalue weighted by Gasteiger charge is -1.99. The maximum Gasteiger partial charge on any atom is 0.173 e. The fourth-order valence-electron chi connectivity index (χ4n) is 0.946. The van der Waals surface area contributed by atoms with Crippen molar-refractivity contribution in [2.45, 2.75) is 0 Å². The molecule has 0 unspecified atom stereocenters. The van der Waals surface area contributed by atoms with Crippen molar-refractivity contribution >= 4 is 11.7 Å². The first kappa shape index (κ1) is 7.05. The number of rotatable bonds is 1. The zero-order valence-corrected chi connectivity index (χ0v) is 6.32. The number of nitrogens with zero attached hydrogens (tertiary/aromatic N) is 2. The van der Waals surface area contributed by atoms with Gasteiger partial charge in [-0.3, -0.25) is 4.84 Å². The van der Waals surface area contributed by atoms with Gasteiger partial charge in [-0.2, -0.15) is 0 Å². The molecule has 0 amide bonds. The van der Waals surface area contributed by atoms with Crippen LogP contribution >= 0.6 is 0 Å². The highest BCUT2D eigenvalue weighted by atomic mass is 16.7. The maximum absolute atomic E-state index is 5.49. The van der Waals surface area contributed by atoms with Gasteiger partial charge < -0.3 is 5.73 Å². The predicted octanol–water partition coefficient (Wildman–Crippen LogP) is -0.0973. The van der Waals surface area contributed by atoms with E-state index >= 15 is 0 Å². The Morgan fingerprint density at radius 3 is 3.08 bits per heavy atom. The molecule has 3 N–H and O–H groups in total. The van der Waals surface area contributed by atoms with E-state index in [9.17, 15) is 0 Å². The molecule has 0 atom stereocenters. The van der Waals surface area contributed by atoms with E-state index in [0.717, 1.165) is 0 Å². The monoisotopic (exact) mass is 164 g/mol. The van der Waals surface area contributed by atoms with Crippen LogP contribution in [-0.2, 0) is 4.84 Å². The lowest BCUT2D eigenvalue weighted by molar-refractivity contribution is 0.115. The average molecular weight is 164 g/mol. The summed E-state index contributed by atoms with van der Waals surface area (Å²) in [6.45, 7) is 0.325. The molecule has 0 radical (unpaired) electrons. The minimum atomic E-state index is 0.325. The van der Waals surface area contributed by atoms with Crippen LogP contribution in [0.25, 0.3) is 0 Å². The third-order valence-corrected chi connectivity index (χ3v) is 1.47. The van der Waals surface area contributed by atoms with Gasteiger partial charge in [0.25, 0.3) is 0 Å². The van der Waals surface area contributed by atoms with Gasteiger partial charge in [0.15, 0.2) is 12.6 Å². The van der Waals surface area contributed by atoms with Gasteiger partial charge in [0.2, 0.25) is 0 Å². The van der Waals surface area contributed by atoms with Crippen LogP contribution in [0.1, 0.15) is 5.69 Å². The van der Waals surface area contributed by atoms with Crippen LogP contribution in [0, 0.1) is 0 Å². The molecule has 1 aromatic heterocycles. The molecular weight excluding hydrogens is 156 g/mol. The number of aromatic nitrogens is 1.